The molecule has 0 bridgehead atoms. The number of methoxy groups -OCH3 is 1. The van der Waals surface area contributed by atoms with Crippen molar-refractivity contribution in [2.45, 2.75) is 39.5 Å². The highest BCUT2D eigenvalue weighted by atomic mass is 16.5. The minimum absolute atomic E-state index is 0.0317. The van der Waals surface area contributed by atoms with Crippen LogP contribution in [0.1, 0.15) is 45.1 Å². The number of benzene rings is 1. The second-order valence-corrected chi connectivity index (χ2v) is 4.62. The molecule has 0 heterocycles. The van der Waals surface area contributed by atoms with Crippen LogP contribution in [0.25, 0.3) is 0 Å². The molecule has 0 spiro atoms. The minimum atomic E-state index is -0.0317. The van der Waals surface area contributed by atoms with Gasteiger partial charge in [0.05, 0.1) is 13.0 Å². The molecule has 0 saturated carbocycles. The number of amides is 1. The molecule has 0 aliphatic heterocycles. The molecule has 0 fully saturated rings. The van der Waals surface area contributed by atoms with Crippen LogP contribution in [0.3, 0.4) is 0 Å². The Morgan fingerprint density at radius 1 is 1.16 bits per heavy atom. The molecule has 0 saturated heterocycles. The summed E-state index contributed by atoms with van der Waals surface area (Å²) in [6.45, 7) is 7.71. The van der Waals surface area contributed by atoms with E-state index in [0.29, 0.717) is 0 Å². The molecule has 1 amide bonds. The molecule has 0 aliphatic rings. The first kappa shape index (κ1) is 15.5. The van der Waals surface area contributed by atoms with Crippen molar-refractivity contribution >= 4 is 5.91 Å². The second-order valence-electron chi connectivity index (χ2n) is 4.62. The highest BCUT2D eigenvalue weighted by molar-refractivity contribution is 5.83. The van der Waals surface area contributed by atoms with Crippen LogP contribution in [-0.2, 0) is 4.79 Å². The molecule has 0 aromatic heterocycles. The van der Waals surface area contributed by atoms with Crippen LogP contribution >= 0.6 is 0 Å². The van der Waals surface area contributed by atoms with Gasteiger partial charge in [-0.3, -0.25) is 4.79 Å². The van der Waals surface area contributed by atoms with Gasteiger partial charge in [0.2, 0.25) is 5.91 Å². The van der Waals surface area contributed by atoms with Crippen molar-refractivity contribution in [3.8, 4) is 5.75 Å². The highest BCUT2D eigenvalue weighted by Crippen LogP contribution is 2.25. The Labute approximate surface area is 116 Å². The maximum Gasteiger partial charge on any atom is 0.230 e. The fourth-order valence-corrected chi connectivity index (χ4v) is 2.31. The quantitative estimate of drug-likeness (QED) is 0.754. The number of hydrogen-bond donors (Lipinski definition) is 0. The first-order valence-corrected chi connectivity index (χ1v) is 7.10. The van der Waals surface area contributed by atoms with Gasteiger partial charge in [0.15, 0.2) is 0 Å². The summed E-state index contributed by atoms with van der Waals surface area (Å²) in [6, 6.07) is 7.85. The third-order valence-electron chi connectivity index (χ3n) is 3.47. The predicted octanol–water partition coefficient (Wildman–Crippen LogP) is 3.45. The van der Waals surface area contributed by atoms with E-state index in [2.05, 4.69) is 6.92 Å². The number of nitrogens with zero attached hydrogens (tertiary/aromatic N) is 1. The average Bonchev–Trinajstić information content (AvgIpc) is 2.46. The summed E-state index contributed by atoms with van der Waals surface area (Å²) in [5, 5.41) is 0. The van der Waals surface area contributed by atoms with E-state index < -0.39 is 0 Å². The van der Waals surface area contributed by atoms with E-state index in [1.165, 1.54) is 0 Å². The van der Waals surface area contributed by atoms with Crippen LogP contribution in [0.4, 0.5) is 0 Å². The summed E-state index contributed by atoms with van der Waals surface area (Å²) < 4.78 is 5.16. The Kier molecular flexibility index (Phi) is 6.40. The monoisotopic (exact) mass is 263 g/mol. The van der Waals surface area contributed by atoms with Gasteiger partial charge in [-0.1, -0.05) is 25.5 Å². The Balaban J connectivity index is 2.94. The largest absolute Gasteiger partial charge is 0.497 e. The summed E-state index contributed by atoms with van der Waals surface area (Å²) in [5.41, 5.74) is 1.08. The van der Waals surface area contributed by atoms with Crippen molar-refractivity contribution in [1.82, 2.24) is 4.90 Å². The fraction of sp³-hybridized carbons (Fsp3) is 0.562. The van der Waals surface area contributed by atoms with Gasteiger partial charge in [-0.15, -0.1) is 0 Å². The standard InChI is InChI=1S/C16H25NO2/c1-5-8-15(16(18)17(6-2)7-3)13-9-11-14(19-4)12-10-13/h9-12,15H,5-8H2,1-4H3. The molecule has 3 heteroatoms. The number of carbonyl (C=O) groups is 1. The summed E-state index contributed by atoms with van der Waals surface area (Å²) in [7, 11) is 1.65. The Hall–Kier alpha value is -1.51. The number of rotatable bonds is 7. The zero-order chi connectivity index (χ0) is 14.3. The summed E-state index contributed by atoms with van der Waals surface area (Å²) in [5.74, 6) is 1.03. The first-order valence-electron chi connectivity index (χ1n) is 7.10. The van der Waals surface area contributed by atoms with Crippen LogP contribution in [0, 0.1) is 0 Å². The molecule has 1 aromatic carbocycles. The van der Waals surface area contributed by atoms with Crippen LogP contribution in [0.2, 0.25) is 0 Å². The molecular weight excluding hydrogens is 238 g/mol. The Bertz CT molecular complexity index is 382. The maximum atomic E-state index is 12.5. The van der Waals surface area contributed by atoms with Gasteiger partial charge < -0.3 is 9.64 Å². The molecular formula is C16H25NO2. The molecule has 3 nitrogen and oxygen atoms in total. The number of carbonyl (C=O) groups excluding carboxylic acids is 1. The van der Waals surface area contributed by atoms with Crippen molar-refractivity contribution in [1.29, 1.82) is 0 Å². The molecule has 1 atom stereocenters. The zero-order valence-electron chi connectivity index (χ0n) is 12.5. The molecule has 0 aliphatic carbocycles. The van der Waals surface area contributed by atoms with Crippen molar-refractivity contribution in [3.05, 3.63) is 29.8 Å². The van der Waals surface area contributed by atoms with Crippen LogP contribution < -0.4 is 4.74 Å². The van der Waals surface area contributed by atoms with Crippen LogP contribution in [0.5, 0.6) is 5.75 Å². The van der Waals surface area contributed by atoms with Crippen LogP contribution in [-0.4, -0.2) is 31.0 Å². The van der Waals surface area contributed by atoms with Gasteiger partial charge >= 0.3 is 0 Å². The Morgan fingerprint density at radius 3 is 2.16 bits per heavy atom. The van der Waals surface area contributed by atoms with Crippen LogP contribution in [0.15, 0.2) is 24.3 Å². The highest BCUT2D eigenvalue weighted by Gasteiger charge is 2.23. The van der Waals surface area contributed by atoms with E-state index >= 15 is 0 Å². The van der Waals surface area contributed by atoms with Crippen molar-refractivity contribution < 1.29 is 9.53 Å². The lowest BCUT2D eigenvalue weighted by atomic mass is 9.93. The average molecular weight is 263 g/mol. The van der Waals surface area contributed by atoms with Crippen molar-refractivity contribution in [3.63, 3.8) is 0 Å². The van der Waals surface area contributed by atoms with E-state index in [1.807, 2.05) is 43.0 Å². The normalized spacial score (nSPS) is 12.0. The third-order valence-corrected chi connectivity index (χ3v) is 3.47. The minimum Gasteiger partial charge on any atom is -0.497 e. The topological polar surface area (TPSA) is 29.5 Å². The first-order chi connectivity index (χ1) is 9.17. The van der Waals surface area contributed by atoms with Gasteiger partial charge in [0, 0.05) is 13.1 Å². The van der Waals surface area contributed by atoms with E-state index in [-0.39, 0.29) is 11.8 Å². The predicted molar refractivity (Wildman–Crippen MR) is 78.6 cm³/mol. The maximum absolute atomic E-state index is 12.5. The Morgan fingerprint density at radius 2 is 1.74 bits per heavy atom. The summed E-state index contributed by atoms with van der Waals surface area (Å²) in [6.07, 6.45) is 1.89. The van der Waals surface area contributed by atoms with Crippen molar-refractivity contribution in [2.75, 3.05) is 20.2 Å². The molecule has 1 aromatic rings. The molecule has 19 heavy (non-hydrogen) atoms. The third kappa shape index (κ3) is 3.98. The lowest BCUT2D eigenvalue weighted by Gasteiger charge is -2.25. The number of ether oxygens (including phenoxy) is 1. The molecule has 1 unspecified atom stereocenters. The number of likely N-dealkylation sites (N-methyl/N-ethyl adjacent to an activating group) is 1. The lowest BCUT2D eigenvalue weighted by Crippen LogP contribution is -2.34. The van der Waals surface area contributed by atoms with Gasteiger partial charge in [0.1, 0.15) is 5.75 Å². The smallest absolute Gasteiger partial charge is 0.230 e. The van der Waals surface area contributed by atoms with E-state index in [9.17, 15) is 4.79 Å². The molecule has 0 N–H and O–H groups in total. The van der Waals surface area contributed by atoms with Gasteiger partial charge in [-0.05, 0) is 38.0 Å². The van der Waals surface area contributed by atoms with Gasteiger partial charge in [-0.2, -0.15) is 0 Å². The van der Waals surface area contributed by atoms with E-state index in [0.717, 1.165) is 37.2 Å². The van der Waals surface area contributed by atoms with E-state index in [4.69, 9.17) is 4.74 Å². The SMILES string of the molecule is CCCC(C(=O)N(CC)CC)c1ccc(OC)cc1. The summed E-state index contributed by atoms with van der Waals surface area (Å²) in [4.78, 5) is 14.5. The summed E-state index contributed by atoms with van der Waals surface area (Å²) >= 11 is 0. The molecule has 106 valence electrons. The fourth-order valence-electron chi connectivity index (χ4n) is 2.31. The zero-order valence-corrected chi connectivity index (χ0v) is 12.5. The number of hydrogen-bond acceptors (Lipinski definition) is 2. The van der Waals surface area contributed by atoms with Gasteiger partial charge in [-0.25, -0.2) is 0 Å². The lowest BCUT2D eigenvalue weighted by molar-refractivity contribution is -0.132. The molecule has 0 radical (unpaired) electrons. The van der Waals surface area contributed by atoms with E-state index in [1.54, 1.807) is 7.11 Å². The second kappa shape index (κ2) is 7.82. The van der Waals surface area contributed by atoms with Crippen molar-refractivity contribution in [2.24, 2.45) is 0 Å². The molecule has 1 rings (SSSR count). The van der Waals surface area contributed by atoms with Gasteiger partial charge in [0.25, 0.3) is 0 Å².